The van der Waals surface area contributed by atoms with Gasteiger partial charge in [0.25, 0.3) is 5.91 Å². The van der Waals surface area contributed by atoms with Crippen LogP contribution in [-0.2, 0) is 6.54 Å². The predicted octanol–water partition coefficient (Wildman–Crippen LogP) is 4.11. The van der Waals surface area contributed by atoms with Gasteiger partial charge in [-0.1, -0.05) is 42.5 Å². The van der Waals surface area contributed by atoms with Gasteiger partial charge in [0.05, 0.1) is 35.9 Å². The van der Waals surface area contributed by atoms with Crippen molar-refractivity contribution in [3.05, 3.63) is 103 Å². The van der Waals surface area contributed by atoms with Crippen molar-refractivity contribution < 1.29 is 14.3 Å². The molecular weight excluding hydrogens is 454 g/mol. The van der Waals surface area contributed by atoms with E-state index in [1.54, 1.807) is 18.6 Å². The third-order valence-corrected chi connectivity index (χ3v) is 6.06. The van der Waals surface area contributed by atoms with Crippen LogP contribution in [0.1, 0.15) is 15.9 Å². The largest absolute Gasteiger partial charge is 0.486 e. The van der Waals surface area contributed by atoms with Crippen LogP contribution in [0.25, 0.3) is 22.3 Å². The number of benzene rings is 2. The Balaban J connectivity index is 1.30. The average molecular weight is 478 g/mol. The van der Waals surface area contributed by atoms with Gasteiger partial charge in [-0.25, -0.2) is 9.67 Å². The number of carbonyl (C=O) groups excluding carboxylic acids is 1. The highest BCUT2D eigenvalue weighted by atomic mass is 16.6. The lowest BCUT2D eigenvalue weighted by Crippen LogP contribution is -2.40. The Labute approximate surface area is 207 Å². The number of carbonyl (C=O) groups is 1. The highest BCUT2D eigenvalue weighted by molar-refractivity contribution is 6.06. The molecule has 0 bridgehead atoms. The SMILES string of the molecule is O=C(NC[C@@H]1COc2ccccc2O1)c1cc(-c2ccccc2)nc2c1cnn2Cc1ccncc1. The minimum atomic E-state index is -0.288. The Morgan fingerprint density at radius 2 is 1.78 bits per heavy atom. The number of rotatable bonds is 6. The van der Waals surface area contributed by atoms with Gasteiger partial charge in [-0.15, -0.1) is 0 Å². The number of para-hydroxylation sites is 2. The zero-order chi connectivity index (χ0) is 24.3. The molecule has 3 aromatic heterocycles. The van der Waals surface area contributed by atoms with Gasteiger partial charge >= 0.3 is 0 Å². The van der Waals surface area contributed by atoms with Crippen molar-refractivity contribution in [2.45, 2.75) is 12.6 Å². The number of pyridine rings is 2. The fraction of sp³-hybridized carbons (Fsp3) is 0.143. The summed E-state index contributed by atoms with van der Waals surface area (Å²) >= 11 is 0. The minimum Gasteiger partial charge on any atom is -0.486 e. The molecule has 0 fully saturated rings. The highest BCUT2D eigenvalue weighted by Crippen LogP contribution is 2.31. The zero-order valence-corrected chi connectivity index (χ0v) is 19.4. The maximum absolute atomic E-state index is 13.4. The molecule has 8 nitrogen and oxygen atoms in total. The molecule has 0 saturated heterocycles. The topological polar surface area (TPSA) is 91.2 Å². The van der Waals surface area contributed by atoms with Crippen molar-refractivity contribution in [2.75, 3.05) is 13.2 Å². The third-order valence-electron chi connectivity index (χ3n) is 6.06. The minimum absolute atomic E-state index is 0.217. The first-order chi connectivity index (χ1) is 17.7. The number of nitrogens with zero attached hydrogens (tertiary/aromatic N) is 4. The number of ether oxygens (including phenoxy) is 2. The van der Waals surface area contributed by atoms with Gasteiger partial charge < -0.3 is 14.8 Å². The monoisotopic (exact) mass is 477 g/mol. The maximum Gasteiger partial charge on any atom is 0.252 e. The normalized spacial score (nSPS) is 14.5. The molecule has 0 unspecified atom stereocenters. The van der Waals surface area contributed by atoms with E-state index in [0.29, 0.717) is 53.5 Å². The van der Waals surface area contributed by atoms with Crippen molar-refractivity contribution in [3.63, 3.8) is 0 Å². The number of hydrogen-bond acceptors (Lipinski definition) is 6. The molecule has 1 aliphatic heterocycles. The molecule has 1 N–H and O–H groups in total. The second-order valence-electron chi connectivity index (χ2n) is 8.52. The molecule has 0 saturated carbocycles. The number of aromatic nitrogens is 4. The molecule has 0 spiro atoms. The van der Waals surface area contributed by atoms with E-state index in [2.05, 4.69) is 15.4 Å². The number of fused-ring (bicyclic) bond motifs is 2. The summed E-state index contributed by atoms with van der Waals surface area (Å²) in [5.41, 5.74) is 3.82. The molecule has 5 aromatic rings. The second-order valence-corrected chi connectivity index (χ2v) is 8.52. The van der Waals surface area contributed by atoms with E-state index in [9.17, 15) is 4.79 Å². The summed E-state index contributed by atoms with van der Waals surface area (Å²) in [6.45, 7) is 1.19. The van der Waals surface area contributed by atoms with Crippen molar-refractivity contribution in [1.82, 2.24) is 25.1 Å². The summed E-state index contributed by atoms with van der Waals surface area (Å²) in [5.74, 6) is 1.17. The molecule has 2 aromatic carbocycles. The molecule has 1 amide bonds. The van der Waals surface area contributed by atoms with E-state index in [1.165, 1.54) is 0 Å². The summed E-state index contributed by atoms with van der Waals surface area (Å²) in [5, 5.41) is 8.25. The maximum atomic E-state index is 13.4. The Kier molecular flexibility index (Phi) is 5.75. The van der Waals surface area contributed by atoms with E-state index < -0.39 is 0 Å². The first-order valence-corrected chi connectivity index (χ1v) is 11.7. The van der Waals surface area contributed by atoms with Crippen molar-refractivity contribution in [1.29, 1.82) is 0 Å². The smallest absolute Gasteiger partial charge is 0.252 e. The van der Waals surface area contributed by atoms with E-state index >= 15 is 0 Å². The van der Waals surface area contributed by atoms with Crippen LogP contribution < -0.4 is 14.8 Å². The van der Waals surface area contributed by atoms with Gasteiger partial charge in [0.1, 0.15) is 12.7 Å². The summed E-state index contributed by atoms with van der Waals surface area (Å²) in [6, 6.07) is 23.0. The van der Waals surface area contributed by atoms with Crippen LogP contribution in [0.2, 0.25) is 0 Å². The first-order valence-electron chi connectivity index (χ1n) is 11.7. The Morgan fingerprint density at radius 1 is 1.00 bits per heavy atom. The summed E-state index contributed by atoms with van der Waals surface area (Å²) < 4.78 is 13.6. The molecule has 8 heteroatoms. The molecule has 0 radical (unpaired) electrons. The highest BCUT2D eigenvalue weighted by Gasteiger charge is 2.23. The van der Waals surface area contributed by atoms with Gasteiger partial charge in [0.15, 0.2) is 17.1 Å². The molecule has 0 aliphatic carbocycles. The van der Waals surface area contributed by atoms with Crippen molar-refractivity contribution in [3.8, 4) is 22.8 Å². The van der Waals surface area contributed by atoms with Crippen LogP contribution in [-0.4, -0.2) is 44.9 Å². The lowest BCUT2D eigenvalue weighted by Gasteiger charge is -2.26. The Bertz CT molecular complexity index is 1520. The van der Waals surface area contributed by atoms with Crippen LogP contribution in [0.5, 0.6) is 11.5 Å². The molecule has 4 heterocycles. The van der Waals surface area contributed by atoms with E-state index in [0.717, 1.165) is 11.1 Å². The summed E-state index contributed by atoms with van der Waals surface area (Å²) in [4.78, 5) is 22.4. The summed E-state index contributed by atoms with van der Waals surface area (Å²) in [7, 11) is 0. The van der Waals surface area contributed by atoms with Crippen molar-refractivity contribution in [2.24, 2.45) is 0 Å². The van der Waals surface area contributed by atoms with Crippen LogP contribution in [0.4, 0.5) is 0 Å². The van der Waals surface area contributed by atoms with Crippen LogP contribution in [0, 0.1) is 0 Å². The quantitative estimate of drug-likeness (QED) is 0.396. The molecule has 1 atom stereocenters. The van der Waals surface area contributed by atoms with Gasteiger partial charge in [-0.3, -0.25) is 9.78 Å². The van der Waals surface area contributed by atoms with Gasteiger partial charge in [-0.2, -0.15) is 5.10 Å². The molecule has 1 aliphatic rings. The van der Waals surface area contributed by atoms with Gasteiger partial charge in [0, 0.05) is 18.0 Å². The van der Waals surface area contributed by atoms with Gasteiger partial charge in [0.2, 0.25) is 0 Å². The lowest BCUT2D eigenvalue weighted by molar-refractivity contribution is 0.0790. The molecule has 178 valence electrons. The predicted molar refractivity (Wildman–Crippen MR) is 135 cm³/mol. The van der Waals surface area contributed by atoms with Crippen LogP contribution >= 0.6 is 0 Å². The first kappa shape index (κ1) is 21.8. The number of hydrogen-bond donors (Lipinski definition) is 1. The third kappa shape index (κ3) is 4.36. The molecular formula is C28H23N5O3. The van der Waals surface area contributed by atoms with Crippen LogP contribution in [0.3, 0.4) is 0 Å². The fourth-order valence-electron chi connectivity index (χ4n) is 4.23. The van der Waals surface area contributed by atoms with Gasteiger partial charge in [-0.05, 0) is 35.9 Å². The second kappa shape index (κ2) is 9.50. The number of amides is 1. The molecule has 6 rings (SSSR count). The van der Waals surface area contributed by atoms with E-state index in [-0.39, 0.29) is 12.0 Å². The zero-order valence-electron chi connectivity index (χ0n) is 19.4. The molecule has 36 heavy (non-hydrogen) atoms. The van der Waals surface area contributed by atoms with E-state index in [1.807, 2.05) is 77.5 Å². The Morgan fingerprint density at radius 3 is 2.61 bits per heavy atom. The average Bonchev–Trinajstić information content (AvgIpc) is 3.34. The van der Waals surface area contributed by atoms with Crippen LogP contribution in [0.15, 0.2) is 91.4 Å². The lowest BCUT2D eigenvalue weighted by atomic mass is 10.1. The van der Waals surface area contributed by atoms with Crippen molar-refractivity contribution >= 4 is 16.9 Å². The standard InChI is InChI=1S/C28H23N5O3/c34-28(30-15-21-18-35-25-8-4-5-9-26(25)36-21)22-14-24(20-6-2-1-3-7-20)32-27-23(22)16-31-33(27)17-19-10-12-29-13-11-19/h1-14,16,21H,15,17-18H2,(H,30,34)/t21-/m1/s1. The Hall–Kier alpha value is -4.72. The van der Waals surface area contributed by atoms with E-state index in [4.69, 9.17) is 14.5 Å². The fourth-order valence-corrected chi connectivity index (χ4v) is 4.23. The summed E-state index contributed by atoms with van der Waals surface area (Å²) in [6.07, 6.45) is 4.91. The number of nitrogens with one attached hydrogen (secondary N) is 1.